The fourth-order valence-electron chi connectivity index (χ4n) is 3.87. The van der Waals surface area contributed by atoms with Crippen LogP contribution in [0.2, 0.25) is 0 Å². The van der Waals surface area contributed by atoms with Gasteiger partial charge in [-0.2, -0.15) is 5.26 Å². The van der Waals surface area contributed by atoms with E-state index >= 15 is 0 Å². The smallest absolute Gasteiger partial charge is 0.123 e. The van der Waals surface area contributed by atoms with Crippen molar-refractivity contribution >= 4 is 0 Å². The zero-order chi connectivity index (χ0) is 21.3. The molecule has 0 aliphatic heterocycles. The summed E-state index contributed by atoms with van der Waals surface area (Å²) in [5.74, 6) is 0.0584. The molecular formula is C27H27FN2. The first-order valence-corrected chi connectivity index (χ1v) is 10.5. The minimum Gasteiger partial charge on any atom is -0.252 e. The molecule has 0 aliphatic rings. The monoisotopic (exact) mass is 398 g/mol. The molecule has 0 N–H and O–H groups in total. The number of nitrogens with zero attached hydrogens (tertiary/aromatic N) is 2. The third-order valence-corrected chi connectivity index (χ3v) is 5.38. The minimum absolute atomic E-state index is 0.198. The summed E-state index contributed by atoms with van der Waals surface area (Å²) in [5.41, 5.74) is 5.52. The van der Waals surface area contributed by atoms with Crippen molar-refractivity contribution in [3.8, 4) is 17.3 Å². The molecule has 2 aromatic carbocycles. The van der Waals surface area contributed by atoms with E-state index in [9.17, 15) is 9.65 Å². The van der Waals surface area contributed by atoms with Crippen LogP contribution in [0.3, 0.4) is 0 Å². The van der Waals surface area contributed by atoms with E-state index in [1.165, 1.54) is 11.6 Å². The number of aryl methyl sites for hydroxylation is 2. The van der Waals surface area contributed by atoms with Crippen LogP contribution in [0.4, 0.5) is 4.39 Å². The maximum absolute atomic E-state index is 13.5. The lowest BCUT2D eigenvalue weighted by Crippen LogP contribution is -2.05. The predicted molar refractivity (Wildman–Crippen MR) is 121 cm³/mol. The largest absolute Gasteiger partial charge is 0.252 e. The molecule has 0 fully saturated rings. The summed E-state index contributed by atoms with van der Waals surface area (Å²) >= 11 is 0. The van der Waals surface area contributed by atoms with Gasteiger partial charge in [-0.25, -0.2) is 4.39 Å². The zero-order valence-corrected chi connectivity index (χ0v) is 17.4. The highest BCUT2D eigenvalue weighted by atomic mass is 19.1. The number of aromatic nitrogens is 1. The molecule has 0 bridgehead atoms. The number of benzene rings is 2. The Morgan fingerprint density at radius 3 is 2.67 bits per heavy atom. The molecule has 3 rings (SSSR count). The fourth-order valence-corrected chi connectivity index (χ4v) is 3.87. The Balaban J connectivity index is 1.91. The zero-order valence-electron chi connectivity index (χ0n) is 17.4. The molecule has 0 spiro atoms. The van der Waals surface area contributed by atoms with Gasteiger partial charge >= 0.3 is 0 Å². The molecule has 0 aliphatic carbocycles. The molecule has 0 radical (unpaired) electrons. The molecule has 0 saturated carbocycles. The second-order valence-corrected chi connectivity index (χ2v) is 7.50. The van der Waals surface area contributed by atoms with Crippen LogP contribution in [0.25, 0.3) is 11.3 Å². The van der Waals surface area contributed by atoms with E-state index in [1.54, 1.807) is 12.1 Å². The molecule has 3 aromatic rings. The SMILES string of the molecule is C=CC(CCC)c1ccc(-c2ccccc2C#N)nc1CCCc1cccc(F)c1. The normalized spacial score (nSPS) is 11.6. The maximum Gasteiger partial charge on any atom is 0.123 e. The van der Waals surface area contributed by atoms with Gasteiger partial charge in [0.15, 0.2) is 0 Å². The van der Waals surface area contributed by atoms with Gasteiger partial charge in [0.1, 0.15) is 5.82 Å². The van der Waals surface area contributed by atoms with Crippen LogP contribution in [0.1, 0.15) is 54.5 Å². The van der Waals surface area contributed by atoms with Crippen molar-refractivity contribution in [2.45, 2.75) is 44.9 Å². The standard InChI is InChI=1S/C27H27FN2/c1-3-9-21(4-2)25-16-17-27(24-14-6-5-12-22(24)19-29)30-26(25)15-8-11-20-10-7-13-23(28)18-20/h4-7,10,12-14,16-18,21H,2-3,8-9,11,15H2,1H3. The van der Waals surface area contributed by atoms with Crippen molar-refractivity contribution in [2.24, 2.45) is 0 Å². The third-order valence-electron chi connectivity index (χ3n) is 5.38. The highest BCUT2D eigenvalue weighted by molar-refractivity contribution is 5.67. The van der Waals surface area contributed by atoms with Crippen molar-refractivity contribution in [1.29, 1.82) is 5.26 Å². The Morgan fingerprint density at radius 2 is 1.93 bits per heavy atom. The Morgan fingerprint density at radius 1 is 1.10 bits per heavy atom. The Kier molecular flexibility index (Phi) is 7.51. The van der Waals surface area contributed by atoms with Gasteiger partial charge in [0.25, 0.3) is 0 Å². The molecule has 1 aromatic heterocycles. The fraction of sp³-hybridized carbons (Fsp3) is 0.259. The third kappa shape index (κ3) is 5.21. The van der Waals surface area contributed by atoms with Gasteiger partial charge in [-0.05, 0) is 61.1 Å². The molecule has 1 unspecified atom stereocenters. The summed E-state index contributed by atoms with van der Waals surface area (Å²) in [6.07, 6.45) is 6.56. The lowest BCUT2D eigenvalue weighted by Gasteiger charge is -2.18. The number of nitriles is 1. The predicted octanol–water partition coefficient (Wildman–Crippen LogP) is 7.00. The average molecular weight is 399 g/mol. The molecule has 1 atom stereocenters. The van der Waals surface area contributed by atoms with Crippen molar-refractivity contribution in [3.05, 3.63) is 102 Å². The van der Waals surface area contributed by atoms with Gasteiger partial charge in [-0.3, -0.25) is 4.98 Å². The number of hydrogen-bond acceptors (Lipinski definition) is 2. The summed E-state index contributed by atoms with van der Waals surface area (Å²) in [4.78, 5) is 4.98. The van der Waals surface area contributed by atoms with E-state index in [2.05, 4.69) is 25.6 Å². The lowest BCUT2D eigenvalue weighted by molar-refractivity contribution is 0.624. The second kappa shape index (κ2) is 10.5. The molecule has 0 amide bonds. The van der Waals surface area contributed by atoms with E-state index in [0.717, 1.165) is 54.6 Å². The molecule has 3 heteroatoms. The van der Waals surface area contributed by atoms with Crippen molar-refractivity contribution in [2.75, 3.05) is 0 Å². The molecule has 2 nitrogen and oxygen atoms in total. The average Bonchev–Trinajstić information content (AvgIpc) is 2.77. The number of pyridine rings is 1. The van der Waals surface area contributed by atoms with Gasteiger partial charge in [0, 0.05) is 17.2 Å². The quantitative estimate of drug-likeness (QED) is 0.364. The van der Waals surface area contributed by atoms with E-state index in [0.29, 0.717) is 5.56 Å². The Bertz CT molecular complexity index is 1050. The van der Waals surface area contributed by atoms with E-state index in [-0.39, 0.29) is 11.7 Å². The maximum atomic E-state index is 13.5. The van der Waals surface area contributed by atoms with Crippen molar-refractivity contribution in [1.82, 2.24) is 4.98 Å². The number of allylic oxidation sites excluding steroid dienone is 1. The van der Waals surface area contributed by atoms with Gasteiger partial charge in [0.05, 0.1) is 17.3 Å². The summed E-state index contributed by atoms with van der Waals surface area (Å²) in [7, 11) is 0. The number of hydrogen-bond donors (Lipinski definition) is 0. The highest BCUT2D eigenvalue weighted by Crippen LogP contribution is 2.30. The summed E-state index contributed by atoms with van der Waals surface area (Å²) in [6, 6.07) is 20.7. The number of rotatable bonds is 9. The van der Waals surface area contributed by atoms with Gasteiger partial charge < -0.3 is 0 Å². The summed E-state index contributed by atoms with van der Waals surface area (Å²) < 4.78 is 13.5. The van der Waals surface area contributed by atoms with Gasteiger partial charge in [0.2, 0.25) is 0 Å². The molecule has 152 valence electrons. The van der Waals surface area contributed by atoms with Gasteiger partial charge in [-0.15, -0.1) is 6.58 Å². The summed E-state index contributed by atoms with van der Waals surface area (Å²) in [5, 5.41) is 9.47. The van der Waals surface area contributed by atoms with Crippen LogP contribution < -0.4 is 0 Å². The minimum atomic E-state index is -0.198. The second-order valence-electron chi connectivity index (χ2n) is 7.50. The van der Waals surface area contributed by atoms with E-state index < -0.39 is 0 Å². The van der Waals surface area contributed by atoms with Crippen LogP contribution in [-0.2, 0) is 12.8 Å². The van der Waals surface area contributed by atoms with Crippen LogP contribution in [0.5, 0.6) is 0 Å². The molecule has 1 heterocycles. The van der Waals surface area contributed by atoms with E-state index in [4.69, 9.17) is 4.98 Å². The Labute approximate surface area is 178 Å². The Hall–Kier alpha value is -3.25. The first-order chi connectivity index (χ1) is 14.7. The first-order valence-electron chi connectivity index (χ1n) is 10.5. The number of halogens is 1. The van der Waals surface area contributed by atoms with Crippen molar-refractivity contribution < 1.29 is 4.39 Å². The summed E-state index contributed by atoms with van der Waals surface area (Å²) in [6.45, 7) is 6.20. The molecule has 0 saturated heterocycles. The topological polar surface area (TPSA) is 36.7 Å². The van der Waals surface area contributed by atoms with Crippen LogP contribution in [0, 0.1) is 17.1 Å². The van der Waals surface area contributed by atoms with Crippen LogP contribution >= 0.6 is 0 Å². The molecular weight excluding hydrogens is 371 g/mol. The van der Waals surface area contributed by atoms with Crippen LogP contribution in [-0.4, -0.2) is 4.98 Å². The highest BCUT2D eigenvalue weighted by Gasteiger charge is 2.15. The first kappa shape index (κ1) is 21.5. The van der Waals surface area contributed by atoms with Crippen molar-refractivity contribution in [3.63, 3.8) is 0 Å². The van der Waals surface area contributed by atoms with Gasteiger partial charge in [-0.1, -0.05) is 55.8 Å². The van der Waals surface area contributed by atoms with Crippen LogP contribution in [0.15, 0.2) is 73.3 Å². The van der Waals surface area contributed by atoms with E-state index in [1.807, 2.05) is 42.5 Å². The molecule has 30 heavy (non-hydrogen) atoms. The lowest BCUT2D eigenvalue weighted by atomic mass is 9.90.